The van der Waals surface area contributed by atoms with Crippen molar-refractivity contribution in [2.24, 2.45) is 0 Å². The molecule has 11 heavy (non-hydrogen) atoms. The van der Waals surface area contributed by atoms with Gasteiger partial charge in [0, 0.05) is 10.6 Å². The summed E-state index contributed by atoms with van der Waals surface area (Å²) in [5.74, 6) is 0.699. The molecule has 0 spiro atoms. The van der Waals surface area contributed by atoms with Gasteiger partial charge in [0.1, 0.15) is 18.5 Å². The van der Waals surface area contributed by atoms with E-state index in [0.717, 1.165) is 5.56 Å². The minimum atomic E-state index is -0.484. The minimum Gasteiger partial charge on any atom is -0.490 e. The molecule has 0 aromatic heterocycles. The lowest BCUT2D eigenvalue weighted by atomic mass is 10.1. The Bertz CT molecular complexity index is 285. The van der Waals surface area contributed by atoms with E-state index in [0.29, 0.717) is 17.4 Å². The van der Waals surface area contributed by atoms with E-state index in [1.165, 1.54) is 0 Å². The summed E-state index contributed by atoms with van der Waals surface area (Å²) in [6.45, 7) is 0.343. The van der Waals surface area contributed by atoms with Gasteiger partial charge in [-0.3, -0.25) is 0 Å². The molecule has 1 N–H and O–H groups in total. The molecule has 0 unspecified atom stereocenters. The standard InChI is InChI=1S/C8H7ClO2/c9-5-1-2-6-7(10)4-11-8(6)3-5/h1-3,7,10H,4H2/t7-/m0/s1. The zero-order valence-corrected chi connectivity index (χ0v) is 6.51. The van der Waals surface area contributed by atoms with Gasteiger partial charge in [-0.1, -0.05) is 17.7 Å². The van der Waals surface area contributed by atoms with Gasteiger partial charge in [0.2, 0.25) is 0 Å². The molecular formula is C8H7ClO2. The predicted octanol–water partition coefficient (Wildman–Crippen LogP) is 1.77. The average molecular weight is 171 g/mol. The number of hydrogen-bond acceptors (Lipinski definition) is 2. The van der Waals surface area contributed by atoms with Gasteiger partial charge in [-0.15, -0.1) is 0 Å². The molecule has 2 rings (SSSR count). The SMILES string of the molecule is O[C@H]1COc2cc(Cl)ccc21. The van der Waals surface area contributed by atoms with Crippen LogP contribution in [0.2, 0.25) is 5.02 Å². The van der Waals surface area contributed by atoms with Crippen molar-refractivity contribution in [2.45, 2.75) is 6.10 Å². The van der Waals surface area contributed by atoms with Crippen LogP contribution in [0.3, 0.4) is 0 Å². The third-order valence-electron chi connectivity index (χ3n) is 1.73. The van der Waals surface area contributed by atoms with E-state index >= 15 is 0 Å². The van der Waals surface area contributed by atoms with Crippen molar-refractivity contribution in [1.29, 1.82) is 0 Å². The average Bonchev–Trinajstić information content (AvgIpc) is 2.32. The molecule has 0 bridgehead atoms. The van der Waals surface area contributed by atoms with Gasteiger partial charge >= 0.3 is 0 Å². The van der Waals surface area contributed by atoms with E-state index in [1.54, 1.807) is 18.2 Å². The molecule has 3 heteroatoms. The Kier molecular flexibility index (Phi) is 1.51. The van der Waals surface area contributed by atoms with Crippen LogP contribution in [0.1, 0.15) is 11.7 Å². The summed E-state index contributed by atoms with van der Waals surface area (Å²) in [6.07, 6.45) is -0.484. The molecule has 0 radical (unpaired) electrons. The smallest absolute Gasteiger partial charge is 0.126 e. The van der Waals surface area contributed by atoms with Crippen LogP contribution in [-0.4, -0.2) is 11.7 Å². The number of aliphatic hydroxyl groups excluding tert-OH is 1. The highest BCUT2D eigenvalue weighted by molar-refractivity contribution is 6.30. The van der Waals surface area contributed by atoms with Crippen LogP contribution in [0, 0.1) is 0 Å². The molecule has 1 aromatic carbocycles. The fourth-order valence-corrected chi connectivity index (χ4v) is 1.33. The Hall–Kier alpha value is -0.730. The topological polar surface area (TPSA) is 29.5 Å². The van der Waals surface area contributed by atoms with E-state index < -0.39 is 6.10 Å². The lowest BCUT2D eigenvalue weighted by Gasteiger charge is -1.98. The molecule has 0 amide bonds. The molecule has 1 heterocycles. The first-order chi connectivity index (χ1) is 5.27. The quantitative estimate of drug-likeness (QED) is 0.643. The summed E-state index contributed by atoms with van der Waals surface area (Å²) in [4.78, 5) is 0. The molecule has 2 nitrogen and oxygen atoms in total. The van der Waals surface area contributed by atoms with Crippen LogP contribution in [0.15, 0.2) is 18.2 Å². The third kappa shape index (κ3) is 1.08. The molecule has 0 saturated carbocycles. The lowest BCUT2D eigenvalue weighted by molar-refractivity contribution is 0.140. The lowest BCUT2D eigenvalue weighted by Crippen LogP contribution is -1.97. The fraction of sp³-hybridized carbons (Fsp3) is 0.250. The third-order valence-corrected chi connectivity index (χ3v) is 1.97. The highest BCUT2D eigenvalue weighted by atomic mass is 35.5. The van der Waals surface area contributed by atoms with Gasteiger partial charge < -0.3 is 9.84 Å². The summed E-state index contributed by atoms with van der Waals surface area (Å²) in [5.41, 5.74) is 0.828. The van der Waals surface area contributed by atoms with Crippen LogP contribution < -0.4 is 4.74 Å². The number of hydrogen-bond donors (Lipinski definition) is 1. The van der Waals surface area contributed by atoms with Gasteiger partial charge in [0.15, 0.2) is 0 Å². The predicted molar refractivity (Wildman–Crippen MR) is 41.9 cm³/mol. The molecule has 0 fully saturated rings. The van der Waals surface area contributed by atoms with Crippen LogP contribution in [0.4, 0.5) is 0 Å². The Morgan fingerprint density at radius 3 is 3.18 bits per heavy atom. The highest BCUT2D eigenvalue weighted by Crippen LogP contribution is 2.33. The zero-order valence-electron chi connectivity index (χ0n) is 5.75. The second-order valence-corrected chi connectivity index (χ2v) is 2.95. The summed E-state index contributed by atoms with van der Waals surface area (Å²) in [7, 11) is 0. The summed E-state index contributed by atoms with van der Waals surface area (Å²) >= 11 is 5.71. The van der Waals surface area contributed by atoms with Crippen molar-refractivity contribution in [2.75, 3.05) is 6.61 Å². The van der Waals surface area contributed by atoms with Gasteiger partial charge in [0.25, 0.3) is 0 Å². The van der Waals surface area contributed by atoms with Gasteiger partial charge in [-0.05, 0) is 12.1 Å². The van der Waals surface area contributed by atoms with E-state index in [4.69, 9.17) is 16.3 Å². The van der Waals surface area contributed by atoms with Crippen molar-refractivity contribution in [3.8, 4) is 5.75 Å². The first-order valence-electron chi connectivity index (χ1n) is 3.37. The van der Waals surface area contributed by atoms with Crippen LogP contribution in [0.5, 0.6) is 5.75 Å². The number of benzene rings is 1. The van der Waals surface area contributed by atoms with E-state index in [1.807, 2.05) is 0 Å². The van der Waals surface area contributed by atoms with Crippen LogP contribution in [0.25, 0.3) is 0 Å². The highest BCUT2D eigenvalue weighted by Gasteiger charge is 2.21. The Morgan fingerprint density at radius 1 is 1.55 bits per heavy atom. The second-order valence-electron chi connectivity index (χ2n) is 2.51. The van der Waals surface area contributed by atoms with E-state index in [2.05, 4.69) is 0 Å². The monoisotopic (exact) mass is 170 g/mol. The molecule has 1 aliphatic heterocycles. The minimum absolute atomic E-state index is 0.343. The summed E-state index contributed by atoms with van der Waals surface area (Å²) < 4.78 is 5.16. The summed E-state index contributed by atoms with van der Waals surface area (Å²) in [6, 6.07) is 5.25. The van der Waals surface area contributed by atoms with Gasteiger partial charge in [0.05, 0.1) is 0 Å². The van der Waals surface area contributed by atoms with Crippen molar-refractivity contribution >= 4 is 11.6 Å². The number of rotatable bonds is 0. The Morgan fingerprint density at radius 2 is 2.36 bits per heavy atom. The first-order valence-corrected chi connectivity index (χ1v) is 3.75. The maximum absolute atomic E-state index is 9.30. The maximum atomic E-state index is 9.30. The normalized spacial score (nSPS) is 21.1. The van der Waals surface area contributed by atoms with Crippen molar-refractivity contribution in [3.05, 3.63) is 28.8 Å². The second kappa shape index (κ2) is 2.40. The summed E-state index contributed by atoms with van der Waals surface area (Å²) in [5, 5.41) is 9.94. The maximum Gasteiger partial charge on any atom is 0.126 e. The van der Waals surface area contributed by atoms with Crippen molar-refractivity contribution in [3.63, 3.8) is 0 Å². The van der Waals surface area contributed by atoms with Crippen LogP contribution >= 0.6 is 11.6 Å². The van der Waals surface area contributed by atoms with Gasteiger partial charge in [-0.2, -0.15) is 0 Å². The molecule has 0 aliphatic carbocycles. The number of aliphatic hydroxyl groups is 1. The molecule has 1 aliphatic rings. The molecule has 0 saturated heterocycles. The number of ether oxygens (including phenoxy) is 1. The first kappa shape index (κ1) is 6.95. The number of halogens is 1. The Labute approximate surface area is 69.4 Å². The molecular weight excluding hydrogens is 164 g/mol. The largest absolute Gasteiger partial charge is 0.490 e. The van der Waals surface area contributed by atoms with E-state index in [9.17, 15) is 5.11 Å². The molecule has 1 aromatic rings. The van der Waals surface area contributed by atoms with Crippen molar-refractivity contribution in [1.82, 2.24) is 0 Å². The Balaban J connectivity index is 2.50. The fourth-order valence-electron chi connectivity index (χ4n) is 1.17. The zero-order chi connectivity index (χ0) is 7.84. The van der Waals surface area contributed by atoms with Crippen molar-refractivity contribution < 1.29 is 9.84 Å². The van der Waals surface area contributed by atoms with Gasteiger partial charge in [-0.25, -0.2) is 0 Å². The van der Waals surface area contributed by atoms with E-state index in [-0.39, 0.29) is 0 Å². The molecule has 1 atom stereocenters. The number of fused-ring (bicyclic) bond motifs is 1. The molecule has 58 valence electrons. The van der Waals surface area contributed by atoms with Crippen LogP contribution in [-0.2, 0) is 0 Å².